The largest absolute Gasteiger partial charge is 0.376 e. The molecule has 0 radical (unpaired) electrons. The third kappa shape index (κ3) is 4.03. The molecule has 0 atom stereocenters. The third-order valence-electron chi connectivity index (χ3n) is 5.75. The van der Waals surface area contributed by atoms with Crippen molar-refractivity contribution >= 4 is 40.5 Å². The van der Waals surface area contributed by atoms with Crippen molar-refractivity contribution in [1.29, 1.82) is 0 Å². The van der Waals surface area contributed by atoms with Gasteiger partial charge in [0.05, 0.1) is 13.0 Å². The number of fused-ring (bicyclic) bond motifs is 1. The van der Waals surface area contributed by atoms with E-state index in [2.05, 4.69) is 16.3 Å². The first-order valence-electron chi connectivity index (χ1n) is 9.84. The third-order valence-corrected chi connectivity index (χ3v) is 6.17. The van der Waals surface area contributed by atoms with E-state index in [-0.39, 0.29) is 18.4 Å². The number of halogens is 1. The van der Waals surface area contributed by atoms with Crippen LogP contribution >= 0.6 is 11.6 Å². The Bertz CT molecular complexity index is 954. The summed E-state index contributed by atoms with van der Waals surface area (Å²) in [7, 11) is 1.78. The fraction of sp³-hybridized carbons (Fsp3) is 0.364. The van der Waals surface area contributed by atoms with Crippen LogP contribution < -0.4 is 15.1 Å². The number of aryl methyl sites for hydroxylation is 1. The number of nitrogens with zero attached hydrogens (tertiary/aromatic N) is 3. The molecule has 2 heterocycles. The van der Waals surface area contributed by atoms with Crippen molar-refractivity contribution in [2.45, 2.75) is 13.3 Å². The van der Waals surface area contributed by atoms with Gasteiger partial charge < -0.3 is 20.0 Å². The summed E-state index contributed by atoms with van der Waals surface area (Å²) in [6, 6.07) is 11.9. The monoisotopic (exact) mass is 412 g/mol. The van der Waals surface area contributed by atoms with Gasteiger partial charge in [0.25, 0.3) is 0 Å². The molecule has 0 spiro atoms. The zero-order chi connectivity index (χ0) is 20.5. The molecule has 2 aromatic carbocycles. The number of piperazine rings is 1. The Balaban J connectivity index is 1.30. The van der Waals surface area contributed by atoms with E-state index in [0.717, 1.165) is 46.3 Å². The first-order chi connectivity index (χ1) is 13.9. The lowest BCUT2D eigenvalue weighted by atomic mass is 10.1. The Morgan fingerprint density at radius 2 is 1.86 bits per heavy atom. The molecule has 0 aliphatic carbocycles. The van der Waals surface area contributed by atoms with Gasteiger partial charge in [0.15, 0.2) is 0 Å². The highest BCUT2D eigenvalue weighted by Gasteiger charge is 2.24. The Kier molecular flexibility index (Phi) is 5.37. The summed E-state index contributed by atoms with van der Waals surface area (Å²) in [5.41, 5.74) is 5.01. The number of likely N-dealkylation sites (N-methyl/N-ethyl adjacent to an activating group) is 1. The van der Waals surface area contributed by atoms with Crippen LogP contribution in [0.25, 0.3) is 0 Å². The lowest BCUT2D eigenvalue weighted by Gasteiger charge is -2.36. The van der Waals surface area contributed by atoms with E-state index in [1.807, 2.05) is 42.2 Å². The number of hydrogen-bond donors (Lipinski definition) is 1. The lowest BCUT2D eigenvalue weighted by Crippen LogP contribution is -2.50. The smallest absolute Gasteiger partial charge is 0.241 e. The Morgan fingerprint density at radius 3 is 2.59 bits per heavy atom. The van der Waals surface area contributed by atoms with E-state index >= 15 is 0 Å². The molecule has 7 heteroatoms. The lowest BCUT2D eigenvalue weighted by molar-refractivity contribution is -0.129. The molecule has 1 N–H and O–H groups in total. The predicted molar refractivity (Wildman–Crippen MR) is 117 cm³/mol. The molecule has 0 aromatic heterocycles. The molecule has 29 heavy (non-hydrogen) atoms. The van der Waals surface area contributed by atoms with Crippen LogP contribution in [0.15, 0.2) is 36.4 Å². The quantitative estimate of drug-likeness (QED) is 0.838. The summed E-state index contributed by atoms with van der Waals surface area (Å²) in [6.45, 7) is 5.25. The minimum absolute atomic E-state index is 0.0851. The van der Waals surface area contributed by atoms with Gasteiger partial charge in [-0.2, -0.15) is 0 Å². The zero-order valence-electron chi connectivity index (χ0n) is 16.7. The number of hydrogen-bond acceptors (Lipinski definition) is 4. The summed E-state index contributed by atoms with van der Waals surface area (Å²) in [5.74, 6) is 0.184. The zero-order valence-corrected chi connectivity index (χ0v) is 17.5. The van der Waals surface area contributed by atoms with Crippen LogP contribution in [-0.4, -0.2) is 56.5 Å². The first-order valence-corrected chi connectivity index (χ1v) is 10.2. The van der Waals surface area contributed by atoms with E-state index in [1.54, 1.807) is 11.9 Å². The summed E-state index contributed by atoms with van der Waals surface area (Å²) in [4.78, 5) is 30.3. The standard InChI is InChI=1S/C22H25ClN4O2/c1-15-11-18(5-6-19(15)23)26-7-9-27(10-8-26)22(29)14-24-17-4-3-16-12-21(28)25(2)20(16)13-17/h3-6,11,13,24H,7-10,12,14H2,1-2H3. The van der Waals surface area contributed by atoms with Gasteiger partial charge in [0, 0.05) is 55.3 Å². The van der Waals surface area contributed by atoms with Gasteiger partial charge in [-0.05, 0) is 48.4 Å². The number of anilines is 3. The van der Waals surface area contributed by atoms with Crippen LogP contribution in [-0.2, 0) is 16.0 Å². The molecule has 0 unspecified atom stereocenters. The van der Waals surface area contributed by atoms with Crippen LogP contribution in [0.3, 0.4) is 0 Å². The van der Waals surface area contributed by atoms with E-state index in [0.29, 0.717) is 19.5 Å². The maximum atomic E-state index is 12.6. The fourth-order valence-corrected chi connectivity index (χ4v) is 4.00. The van der Waals surface area contributed by atoms with Crippen LogP contribution in [0, 0.1) is 6.92 Å². The van der Waals surface area contributed by atoms with Gasteiger partial charge in [-0.25, -0.2) is 0 Å². The number of nitrogens with one attached hydrogen (secondary N) is 1. The molecule has 6 nitrogen and oxygen atoms in total. The molecule has 152 valence electrons. The van der Waals surface area contributed by atoms with Crippen molar-refractivity contribution in [3.63, 3.8) is 0 Å². The molecule has 0 bridgehead atoms. The van der Waals surface area contributed by atoms with Crippen molar-refractivity contribution in [2.75, 3.05) is 54.9 Å². The Hall–Kier alpha value is -2.73. The summed E-state index contributed by atoms with van der Waals surface area (Å²) < 4.78 is 0. The van der Waals surface area contributed by atoms with Crippen LogP contribution in [0.2, 0.25) is 5.02 Å². The Morgan fingerprint density at radius 1 is 1.10 bits per heavy atom. The van der Waals surface area contributed by atoms with Gasteiger partial charge in [-0.3, -0.25) is 9.59 Å². The summed E-state index contributed by atoms with van der Waals surface area (Å²) in [5, 5.41) is 3.98. The van der Waals surface area contributed by atoms with E-state index in [4.69, 9.17) is 11.6 Å². The molecule has 2 amide bonds. The normalized spacial score (nSPS) is 16.2. The van der Waals surface area contributed by atoms with Crippen LogP contribution in [0.5, 0.6) is 0 Å². The topological polar surface area (TPSA) is 55.9 Å². The molecule has 2 aromatic rings. The number of rotatable bonds is 4. The van der Waals surface area contributed by atoms with E-state index < -0.39 is 0 Å². The van der Waals surface area contributed by atoms with Crippen LogP contribution in [0.4, 0.5) is 17.1 Å². The molecule has 0 saturated carbocycles. The van der Waals surface area contributed by atoms with Crippen molar-refractivity contribution < 1.29 is 9.59 Å². The van der Waals surface area contributed by atoms with E-state index in [9.17, 15) is 9.59 Å². The SMILES string of the molecule is Cc1cc(N2CCN(C(=O)CNc3ccc4c(c3)N(C)C(=O)C4)CC2)ccc1Cl. The Labute approximate surface area is 176 Å². The number of carbonyl (C=O) groups excluding carboxylic acids is 2. The molecule has 4 rings (SSSR count). The summed E-state index contributed by atoms with van der Waals surface area (Å²) >= 11 is 6.12. The molecular weight excluding hydrogens is 388 g/mol. The molecule has 1 fully saturated rings. The highest BCUT2D eigenvalue weighted by atomic mass is 35.5. The molecule has 2 aliphatic rings. The highest BCUT2D eigenvalue weighted by Crippen LogP contribution is 2.30. The number of benzene rings is 2. The summed E-state index contributed by atoms with van der Waals surface area (Å²) in [6.07, 6.45) is 0.447. The van der Waals surface area contributed by atoms with Crippen molar-refractivity contribution in [2.24, 2.45) is 0 Å². The average Bonchev–Trinajstić information content (AvgIpc) is 3.02. The molecular formula is C22H25ClN4O2. The van der Waals surface area contributed by atoms with E-state index in [1.165, 1.54) is 0 Å². The number of carbonyl (C=O) groups is 2. The highest BCUT2D eigenvalue weighted by molar-refractivity contribution is 6.31. The van der Waals surface area contributed by atoms with Gasteiger partial charge in [0.2, 0.25) is 11.8 Å². The predicted octanol–water partition coefficient (Wildman–Crippen LogP) is 2.93. The van der Waals surface area contributed by atoms with Gasteiger partial charge in [-0.1, -0.05) is 17.7 Å². The fourth-order valence-electron chi connectivity index (χ4n) is 3.88. The van der Waals surface area contributed by atoms with Crippen molar-refractivity contribution in [3.05, 3.63) is 52.5 Å². The van der Waals surface area contributed by atoms with Crippen LogP contribution in [0.1, 0.15) is 11.1 Å². The second-order valence-electron chi connectivity index (χ2n) is 7.63. The maximum absolute atomic E-state index is 12.6. The van der Waals surface area contributed by atoms with Gasteiger partial charge in [0.1, 0.15) is 0 Å². The van der Waals surface area contributed by atoms with Gasteiger partial charge in [-0.15, -0.1) is 0 Å². The second kappa shape index (κ2) is 7.95. The number of amides is 2. The minimum atomic E-state index is 0.0851. The molecule has 1 saturated heterocycles. The minimum Gasteiger partial charge on any atom is -0.376 e. The van der Waals surface area contributed by atoms with Crippen molar-refractivity contribution in [3.8, 4) is 0 Å². The van der Waals surface area contributed by atoms with Gasteiger partial charge >= 0.3 is 0 Å². The molecule has 2 aliphatic heterocycles. The second-order valence-corrected chi connectivity index (χ2v) is 8.04. The average molecular weight is 413 g/mol. The first kappa shape index (κ1) is 19.6. The maximum Gasteiger partial charge on any atom is 0.241 e. The van der Waals surface area contributed by atoms with Crippen molar-refractivity contribution in [1.82, 2.24) is 4.90 Å².